The number of methoxy groups -OCH3 is 2. The molecule has 29 heavy (non-hydrogen) atoms. The topological polar surface area (TPSA) is 107 Å². The minimum atomic E-state index is -0.650. The monoisotopic (exact) mass is 431 g/mol. The molecular formula is C19H17N3O5S2. The number of amides is 1. The van der Waals surface area contributed by atoms with E-state index in [9.17, 15) is 14.4 Å². The molecule has 0 saturated carbocycles. The molecule has 0 unspecified atom stereocenters. The van der Waals surface area contributed by atoms with E-state index in [4.69, 9.17) is 9.47 Å². The Morgan fingerprint density at radius 2 is 1.86 bits per heavy atom. The van der Waals surface area contributed by atoms with Crippen LogP contribution in [0.5, 0.6) is 0 Å². The molecule has 0 aliphatic heterocycles. The molecule has 2 heterocycles. The van der Waals surface area contributed by atoms with Gasteiger partial charge < -0.3 is 20.1 Å². The smallest absolute Gasteiger partial charge is 0.348 e. The van der Waals surface area contributed by atoms with E-state index in [2.05, 4.69) is 15.6 Å². The second-order valence-electron chi connectivity index (χ2n) is 5.74. The second-order valence-corrected chi connectivity index (χ2v) is 7.66. The van der Waals surface area contributed by atoms with Gasteiger partial charge in [0.2, 0.25) is 0 Å². The molecule has 1 amide bonds. The van der Waals surface area contributed by atoms with Gasteiger partial charge >= 0.3 is 11.9 Å². The predicted octanol–water partition coefficient (Wildman–Crippen LogP) is 4.08. The molecule has 0 fully saturated rings. The van der Waals surface area contributed by atoms with Gasteiger partial charge in [-0.25, -0.2) is 14.6 Å². The highest BCUT2D eigenvalue weighted by Gasteiger charge is 2.27. The van der Waals surface area contributed by atoms with Crippen molar-refractivity contribution in [3.63, 3.8) is 0 Å². The first-order valence-corrected chi connectivity index (χ1v) is 10.0. The van der Waals surface area contributed by atoms with E-state index in [0.29, 0.717) is 21.9 Å². The molecule has 0 atom stereocenters. The summed E-state index contributed by atoms with van der Waals surface area (Å²) in [5.41, 5.74) is 1.58. The van der Waals surface area contributed by atoms with Crippen LogP contribution in [0.15, 0.2) is 35.8 Å². The normalized spacial score (nSPS) is 10.3. The molecule has 0 aliphatic carbocycles. The van der Waals surface area contributed by atoms with Crippen molar-refractivity contribution in [1.82, 2.24) is 4.98 Å². The van der Waals surface area contributed by atoms with Gasteiger partial charge in [0.25, 0.3) is 5.91 Å². The molecule has 0 radical (unpaired) electrons. The number of esters is 2. The Morgan fingerprint density at radius 1 is 1.10 bits per heavy atom. The fourth-order valence-corrected chi connectivity index (χ4v) is 4.22. The highest BCUT2D eigenvalue weighted by Crippen LogP contribution is 2.34. The van der Waals surface area contributed by atoms with Crippen LogP contribution < -0.4 is 10.6 Å². The number of carbonyl (C=O) groups is 3. The van der Waals surface area contributed by atoms with E-state index in [1.54, 1.807) is 31.3 Å². The van der Waals surface area contributed by atoms with Gasteiger partial charge in [-0.3, -0.25) is 4.79 Å². The van der Waals surface area contributed by atoms with Gasteiger partial charge in [0.15, 0.2) is 5.13 Å². The maximum atomic E-state index is 12.8. The van der Waals surface area contributed by atoms with Crippen LogP contribution in [-0.2, 0) is 9.47 Å². The van der Waals surface area contributed by atoms with Crippen molar-refractivity contribution in [2.45, 2.75) is 6.92 Å². The zero-order chi connectivity index (χ0) is 21.0. The maximum absolute atomic E-state index is 12.8. The Bertz CT molecular complexity index is 1060. The van der Waals surface area contributed by atoms with E-state index in [-0.39, 0.29) is 15.4 Å². The average molecular weight is 431 g/mol. The Kier molecular flexibility index (Phi) is 6.25. The van der Waals surface area contributed by atoms with Crippen molar-refractivity contribution in [3.05, 3.63) is 57.4 Å². The summed E-state index contributed by atoms with van der Waals surface area (Å²) < 4.78 is 9.55. The van der Waals surface area contributed by atoms with Crippen molar-refractivity contribution in [1.29, 1.82) is 0 Å². The number of aromatic nitrogens is 1. The third-order valence-corrected chi connectivity index (χ3v) is 5.82. The van der Waals surface area contributed by atoms with E-state index >= 15 is 0 Å². The van der Waals surface area contributed by atoms with Gasteiger partial charge in [-0.05, 0) is 30.7 Å². The lowest BCUT2D eigenvalue weighted by atomic mass is 10.1. The molecule has 3 aromatic rings. The summed E-state index contributed by atoms with van der Waals surface area (Å²) in [6.45, 7) is 1.60. The highest BCUT2D eigenvalue weighted by molar-refractivity contribution is 7.18. The first-order valence-electron chi connectivity index (χ1n) is 8.32. The Labute approximate surface area is 174 Å². The standard InChI is InChI=1S/C19H17N3O5S2/c1-10-13(17(24)26-2)16(29-14(10)18(25)27-3)22-15(23)11-5-4-6-12(9-11)21-19-20-7-8-28-19/h4-9H,1-3H3,(H,20,21)(H,22,23). The van der Waals surface area contributed by atoms with Crippen LogP contribution in [-0.4, -0.2) is 37.0 Å². The molecule has 2 N–H and O–H groups in total. The minimum absolute atomic E-state index is 0.128. The summed E-state index contributed by atoms with van der Waals surface area (Å²) >= 11 is 2.40. The summed E-state index contributed by atoms with van der Waals surface area (Å²) in [7, 11) is 2.48. The lowest BCUT2D eigenvalue weighted by Crippen LogP contribution is -2.14. The van der Waals surface area contributed by atoms with Crippen LogP contribution in [0, 0.1) is 6.92 Å². The summed E-state index contributed by atoms with van der Waals surface area (Å²) in [4.78, 5) is 41.3. The summed E-state index contributed by atoms with van der Waals surface area (Å²) in [5, 5.41) is 8.57. The molecule has 10 heteroatoms. The minimum Gasteiger partial charge on any atom is -0.465 e. The Morgan fingerprint density at radius 3 is 2.52 bits per heavy atom. The zero-order valence-corrected chi connectivity index (χ0v) is 17.4. The number of thiazole rings is 1. The van der Waals surface area contributed by atoms with Crippen LogP contribution in [0.2, 0.25) is 0 Å². The first kappa shape index (κ1) is 20.5. The summed E-state index contributed by atoms with van der Waals surface area (Å²) in [5.74, 6) is -1.67. The molecule has 2 aromatic heterocycles. The Balaban J connectivity index is 1.88. The predicted molar refractivity (Wildman–Crippen MR) is 112 cm³/mol. The number of nitrogens with one attached hydrogen (secondary N) is 2. The molecule has 0 bridgehead atoms. The van der Waals surface area contributed by atoms with Gasteiger partial charge in [0.1, 0.15) is 9.88 Å². The van der Waals surface area contributed by atoms with Gasteiger partial charge in [0.05, 0.1) is 19.8 Å². The first-order chi connectivity index (χ1) is 13.9. The van der Waals surface area contributed by atoms with E-state index < -0.39 is 17.8 Å². The van der Waals surface area contributed by atoms with Crippen LogP contribution in [0.3, 0.4) is 0 Å². The van der Waals surface area contributed by atoms with Gasteiger partial charge in [0, 0.05) is 22.8 Å². The zero-order valence-electron chi connectivity index (χ0n) is 15.8. The van der Waals surface area contributed by atoms with Gasteiger partial charge in [-0.15, -0.1) is 22.7 Å². The van der Waals surface area contributed by atoms with Crippen molar-refractivity contribution < 1.29 is 23.9 Å². The Hall–Kier alpha value is -3.24. The second kappa shape index (κ2) is 8.84. The molecule has 150 valence electrons. The van der Waals surface area contributed by atoms with Crippen molar-refractivity contribution in [3.8, 4) is 0 Å². The number of ether oxygens (including phenoxy) is 2. The van der Waals surface area contributed by atoms with Crippen molar-refractivity contribution in [2.24, 2.45) is 0 Å². The molecule has 0 spiro atoms. The van der Waals surface area contributed by atoms with Gasteiger partial charge in [-0.1, -0.05) is 6.07 Å². The third kappa shape index (κ3) is 4.44. The molecule has 0 aliphatic rings. The highest BCUT2D eigenvalue weighted by atomic mass is 32.1. The fourth-order valence-electron chi connectivity index (χ4n) is 2.56. The number of hydrogen-bond acceptors (Lipinski definition) is 9. The SMILES string of the molecule is COC(=O)c1sc(NC(=O)c2cccc(Nc3nccs3)c2)c(C(=O)OC)c1C. The van der Waals surface area contributed by atoms with E-state index in [1.807, 2.05) is 11.4 Å². The lowest BCUT2D eigenvalue weighted by molar-refractivity contribution is 0.0601. The molecule has 3 rings (SSSR count). The van der Waals surface area contributed by atoms with Crippen molar-refractivity contribution >= 4 is 56.3 Å². The summed E-state index contributed by atoms with van der Waals surface area (Å²) in [6, 6.07) is 6.84. The maximum Gasteiger partial charge on any atom is 0.348 e. The van der Waals surface area contributed by atoms with Crippen molar-refractivity contribution in [2.75, 3.05) is 24.9 Å². The van der Waals surface area contributed by atoms with E-state index in [0.717, 1.165) is 11.3 Å². The molecule has 8 nitrogen and oxygen atoms in total. The van der Waals surface area contributed by atoms with Crippen LogP contribution in [0.25, 0.3) is 0 Å². The molecule has 0 saturated heterocycles. The number of hydrogen-bond donors (Lipinski definition) is 2. The number of carbonyl (C=O) groups excluding carboxylic acids is 3. The number of anilines is 3. The largest absolute Gasteiger partial charge is 0.465 e. The summed E-state index contributed by atoms with van der Waals surface area (Å²) in [6.07, 6.45) is 1.68. The lowest BCUT2D eigenvalue weighted by Gasteiger charge is -2.08. The fraction of sp³-hybridized carbons (Fsp3) is 0.158. The molecular weight excluding hydrogens is 414 g/mol. The number of rotatable bonds is 6. The van der Waals surface area contributed by atoms with Crippen LogP contribution in [0.1, 0.15) is 36.0 Å². The van der Waals surface area contributed by atoms with Crippen LogP contribution in [0.4, 0.5) is 15.8 Å². The average Bonchev–Trinajstić information content (AvgIpc) is 3.34. The number of benzene rings is 1. The van der Waals surface area contributed by atoms with E-state index in [1.165, 1.54) is 25.6 Å². The third-order valence-electron chi connectivity index (χ3n) is 3.94. The number of thiophene rings is 1. The van der Waals surface area contributed by atoms with Gasteiger partial charge in [-0.2, -0.15) is 0 Å². The van der Waals surface area contributed by atoms with Crippen LogP contribution >= 0.6 is 22.7 Å². The number of nitrogens with zero attached hydrogens (tertiary/aromatic N) is 1. The quantitative estimate of drug-likeness (QED) is 0.566. The molecule has 1 aromatic carbocycles.